The normalized spacial score (nSPS) is 17.6. The Morgan fingerprint density at radius 1 is 1.38 bits per heavy atom. The second-order valence-corrected chi connectivity index (χ2v) is 6.09. The molecule has 2 saturated carbocycles. The Morgan fingerprint density at radius 3 is 2.67 bits per heavy atom. The second kappa shape index (κ2) is 5.72. The zero-order valence-corrected chi connectivity index (χ0v) is 12.8. The van der Waals surface area contributed by atoms with Gasteiger partial charge in [-0.25, -0.2) is 0 Å². The third kappa shape index (κ3) is 3.23. The molecule has 5 nitrogen and oxygen atoms in total. The predicted octanol–water partition coefficient (Wildman–Crippen LogP) is 2.64. The predicted molar refractivity (Wildman–Crippen MR) is 78.4 cm³/mol. The van der Waals surface area contributed by atoms with Crippen LogP contribution in [0.2, 0.25) is 5.02 Å². The van der Waals surface area contributed by atoms with Gasteiger partial charge in [-0.1, -0.05) is 11.6 Å². The van der Waals surface area contributed by atoms with Gasteiger partial charge in [0.05, 0.1) is 11.6 Å². The van der Waals surface area contributed by atoms with Crippen molar-refractivity contribution < 1.29 is 14.3 Å². The minimum absolute atomic E-state index is 0.0187. The highest BCUT2D eigenvalue weighted by Crippen LogP contribution is 2.38. The molecular formula is C15H19ClN2O3. The Balaban J connectivity index is 1.79. The van der Waals surface area contributed by atoms with Crippen molar-refractivity contribution >= 4 is 23.5 Å². The van der Waals surface area contributed by atoms with Gasteiger partial charge in [0.2, 0.25) is 0 Å². The van der Waals surface area contributed by atoms with Gasteiger partial charge in [0.25, 0.3) is 5.91 Å². The van der Waals surface area contributed by atoms with Gasteiger partial charge in [0, 0.05) is 18.3 Å². The lowest BCUT2D eigenvalue weighted by molar-refractivity contribution is -0.144. The first kappa shape index (κ1) is 14.4. The summed E-state index contributed by atoms with van der Waals surface area (Å²) in [6.07, 6.45) is 5.85. The van der Waals surface area contributed by atoms with Crippen molar-refractivity contribution in [1.82, 2.24) is 9.47 Å². The molecular weight excluding hydrogens is 292 g/mol. The van der Waals surface area contributed by atoms with Crippen LogP contribution in [0.4, 0.5) is 0 Å². The number of esters is 1. The van der Waals surface area contributed by atoms with Crippen LogP contribution in [0.1, 0.15) is 49.1 Å². The van der Waals surface area contributed by atoms with Crippen molar-refractivity contribution in [3.63, 3.8) is 0 Å². The molecule has 1 aromatic heterocycles. The van der Waals surface area contributed by atoms with Crippen LogP contribution < -0.4 is 0 Å². The van der Waals surface area contributed by atoms with Gasteiger partial charge >= 0.3 is 5.97 Å². The zero-order valence-electron chi connectivity index (χ0n) is 12.0. The van der Waals surface area contributed by atoms with Crippen LogP contribution in [0.25, 0.3) is 0 Å². The molecule has 114 valence electrons. The van der Waals surface area contributed by atoms with E-state index in [2.05, 4.69) is 0 Å². The largest absolute Gasteiger partial charge is 0.465 e. The van der Waals surface area contributed by atoms with E-state index >= 15 is 0 Å². The first-order valence-corrected chi connectivity index (χ1v) is 7.82. The average Bonchev–Trinajstić information content (AvgIpc) is 3.34. The summed E-state index contributed by atoms with van der Waals surface area (Å²) in [5, 5.41) is 0.567. The van der Waals surface area contributed by atoms with Crippen molar-refractivity contribution in [3.8, 4) is 0 Å². The van der Waals surface area contributed by atoms with Crippen LogP contribution in [0.15, 0.2) is 12.3 Å². The van der Waals surface area contributed by atoms with Gasteiger partial charge in [-0.2, -0.15) is 0 Å². The molecule has 1 aromatic rings. The van der Waals surface area contributed by atoms with Gasteiger partial charge in [-0.05, 0) is 38.7 Å². The number of hydrogen-bond donors (Lipinski definition) is 0. The van der Waals surface area contributed by atoms with Gasteiger partial charge in [-0.3, -0.25) is 9.59 Å². The Bertz CT molecular complexity index is 561. The van der Waals surface area contributed by atoms with E-state index in [0.717, 1.165) is 25.7 Å². The highest BCUT2D eigenvalue weighted by Gasteiger charge is 2.37. The number of halogens is 1. The molecule has 0 aliphatic heterocycles. The highest BCUT2D eigenvalue weighted by atomic mass is 35.5. The van der Waals surface area contributed by atoms with Crippen LogP contribution >= 0.6 is 11.6 Å². The Hall–Kier alpha value is -1.49. The van der Waals surface area contributed by atoms with Gasteiger partial charge in [-0.15, -0.1) is 0 Å². The Kier molecular flexibility index (Phi) is 3.93. The van der Waals surface area contributed by atoms with E-state index in [9.17, 15) is 9.59 Å². The number of nitrogens with zero attached hydrogens (tertiary/aromatic N) is 2. The molecule has 2 aliphatic carbocycles. The summed E-state index contributed by atoms with van der Waals surface area (Å²) in [4.78, 5) is 26.1. The lowest BCUT2D eigenvalue weighted by atomic mass is 10.3. The number of carbonyl (C=O) groups excluding carboxylic acids is 2. The Labute approximate surface area is 128 Å². The summed E-state index contributed by atoms with van der Waals surface area (Å²) in [6.45, 7) is 2.11. The maximum Gasteiger partial charge on any atom is 0.325 e. The summed E-state index contributed by atoms with van der Waals surface area (Å²) >= 11 is 6.05. The lowest BCUT2D eigenvalue weighted by Gasteiger charge is -2.22. The van der Waals surface area contributed by atoms with E-state index in [0.29, 0.717) is 23.4 Å². The Morgan fingerprint density at radius 2 is 2.10 bits per heavy atom. The lowest BCUT2D eigenvalue weighted by Crippen LogP contribution is -2.39. The second-order valence-electron chi connectivity index (χ2n) is 5.65. The molecule has 2 fully saturated rings. The molecule has 6 heteroatoms. The van der Waals surface area contributed by atoms with Gasteiger partial charge in [0.1, 0.15) is 12.2 Å². The minimum Gasteiger partial charge on any atom is -0.465 e. The van der Waals surface area contributed by atoms with E-state index in [4.69, 9.17) is 16.3 Å². The SMILES string of the molecule is CCOC(=O)CN(C(=O)c1cc(Cl)cn1C1CC1)C1CC1. The molecule has 0 aromatic carbocycles. The molecule has 0 spiro atoms. The first-order valence-electron chi connectivity index (χ1n) is 7.44. The van der Waals surface area contributed by atoms with Crippen LogP contribution in [0.3, 0.4) is 0 Å². The van der Waals surface area contributed by atoms with Crippen molar-refractivity contribution in [2.24, 2.45) is 0 Å². The maximum absolute atomic E-state index is 12.8. The van der Waals surface area contributed by atoms with E-state index in [1.54, 1.807) is 17.9 Å². The summed E-state index contributed by atoms with van der Waals surface area (Å²) in [6, 6.07) is 2.23. The van der Waals surface area contributed by atoms with Gasteiger partial charge < -0.3 is 14.2 Å². The van der Waals surface area contributed by atoms with Crippen molar-refractivity contribution in [2.75, 3.05) is 13.2 Å². The quantitative estimate of drug-likeness (QED) is 0.759. The fourth-order valence-electron chi connectivity index (χ4n) is 2.52. The molecule has 0 unspecified atom stereocenters. The number of ether oxygens (including phenoxy) is 1. The maximum atomic E-state index is 12.8. The van der Waals surface area contributed by atoms with E-state index in [1.165, 1.54) is 0 Å². The topological polar surface area (TPSA) is 51.5 Å². The molecule has 21 heavy (non-hydrogen) atoms. The molecule has 0 radical (unpaired) electrons. The van der Waals surface area contributed by atoms with Crippen LogP contribution in [0, 0.1) is 0 Å². The van der Waals surface area contributed by atoms with E-state index < -0.39 is 0 Å². The minimum atomic E-state index is -0.353. The average molecular weight is 311 g/mol. The molecule has 0 atom stereocenters. The molecule has 2 aliphatic rings. The monoisotopic (exact) mass is 310 g/mol. The summed E-state index contributed by atoms with van der Waals surface area (Å²) in [5.74, 6) is -0.474. The number of hydrogen-bond acceptors (Lipinski definition) is 3. The number of amides is 1. The summed E-state index contributed by atoms with van der Waals surface area (Å²) < 4.78 is 6.92. The summed E-state index contributed by atoms with van der Waals surface area (Å²) in [5.41, 5.74) is 0.582. The smallest absolute Gasteiger partial charge is 0.325 e. The number of carbonyl (C=O) groups is 2. The van der Waals surface area contributed by atoms with Crippen LogP contribution in [-0.4, -0.2) is 40.5 Å². The zero-order chi connectivity index (χ0) is 15.0. The van der Waals surface area contributed by atoms with E-state index in [-0.39, 0.29) is 24.5 Å². The van der Waals surface area contributed by atoms with E-state index in [1.807, 2.05) is 10.8 Å². The van der Waals surface area contributed by atoms with Crippen molar-refractivity contribution in [3.05, 3.63) is 23.0 Å². The van der Waals surface area contributed by atoms with Gasteiger partial charge in [0.15, 0.2) is 0 Å². The number of aromatic nitrogens is 1. The molecule has 0 saturated heterocycles. The van der Waals surface area contributed by atoms with Crippen molar-refractivity contribution in [1.29, 1.82) is 0 Å². The van der Waals surface area contributed by atoms with Crippen LogP contribution in [0.5, 0.6) is 0 Å². The third-order valence-corrected chi connectivity index (χ3v) is 4.03. The van der Waals surface area contributed by atoms with Crippen molar-refractivity contribution in [2.45, 2.75) is 44.7 Å². The number of rotatable bonds is 6. The van der Waals surface area contributed by atoms with Crippen LogP contribution in [-0.2, 0) is 9.53 Å². The highest BCUT2D eigenvalue weighted by molar-refractivity contribution is 6.31. The third-order valence-electron chi connectivity index (χ3n) is 3.83. The molecule has 0 bridgehead atoms. The first-order chi connectivity index (χ1) is 10.1. The molecule has 1 heterocycles. The molecule has 3 rings (SSSR count). The fraction of sp³-hybridized carbons (Fsp3) is 0.600. The standard InChI is InChI=1S/C15H19ClN2O3/c1-2-21-14(19)9-18(12-5-6-12)15(20)13-7-10(16)8-17(13)11-3-4-11/h7-8,11-12H,2-6,9H2,1H3. The molecule has 0 N–H and O–H groups in total. The summed E-state index contributed by atoms with van der Waals surface area (Å²) in [7, 11) is 0. The molecule has 1 amide bonds. The fourth-order valence-corrected chi connectivity index (χ4v) is 2.73.